The second-order valence-electron chi connectivity index (χ2n) is 20.9. The Labute approximate surface area is 540 Å². The molecule has 12 rings (SSSR count). The molecule has 37 heteroatoms. The lowest BCUT2D eigenvalue weighted by atomic mass is 9.79. The van der Waals surface area contributed by atoms with E-state index in [1.165, 1.54) is 80.3 Å². The van der Waals surface area contributed by atoms with Gasteiger partial charge in [-0.2, -0.15) is 10.4 Å². The van der Waals surface area contributed by atoms with E-state index in [0.29, 0.717) is 44.2 Å². The van der Waals surface area contributed by atoms with Gasteiger partial charge in [-0.1, -0.05) is 72.8 Å². The van der Waals surface area contributed by atoms with E-state index < -0.39 is 49.8 Å². The first-order valence-electron chi connectivity index (χ1n) is 28.0. The number of benzene rings is 6. The molecular weight excluding hydrogens is 1220 g/mol. The summed E-state index contributed by atoms with van der Waals surface area (Å²) in [5.74, 6) is 0.716. The van der Waals surface area contributed by atoms with Crippen LogP contribution >= 0.6 is 0 Å². The molecule has 1 aliphatic heterocycles. The summed E-state index contributed by atoms with van der Waals surface area (Å²) in [6.07, 6.45) is 9.02. The van der Waals surface area contributed by atoms with Crippen LogP contribution in [-0.4, -0.2) is 196 Å². The molecule has 6 heterocycles. The van der Waals surface area contributed by atoms with E-state index in [9.17, 15) is 0 Å². The lowest BCUT2D eigenvalue weighted by Crippen LogP contribution is -2.41. The van der Waals surface area contributed by atoms with Gasteiger partial charge in [0.1, 0.15) is 11.5 Å². The number of phenolic OH excluding ortho intramolecular Hbond substituents is 2. The number of anilines is 1. The van der Waals surface area contributed by atoms with Crippen LogP contribution in [0.4, 0.5) is 5.95 Å². The normalized spacial score (nSPS) is 12.0. The fourth-order valence-corrected chi connectivity index (χ4v) is 7.68. The number of nitrogens with zero attached hydrogens (tertiary/aromatic N) is 6. The molecule has 29 nitrogen and oxygen atoms in total. The number of pyridine rings is 1. The Morgan fingerprint density at radius 2 is 0.989 bits per heavy atom. The number of rotatable bonds is 9. The van der Waals surface area contributed by atoms with E-state index in [1.54, 1.807) is 73.2 Å². The number of aromatic hydroxyl groups is 2. The van der Waals surface area contributed by atoms with E-state index in [2.05, 4.69) is 67.8 Å². The van der Waals surface area contributed by atoms with Gasteiger partial charge >= 0.3 is 56.9 Å². The Morgan fingerprint density at radius 1 is 0.479 bits per heavy atom. The molecule has 21 N–H and O–H groups in total. The van der Waals surface area contributed by atoms with Crippen molar-refractivity contribution in [3.05, 3.63) is 188 Å². The van der Waals surface area contributed by atoms with E-state index in [1.807, 2.05) is 42.6 Å². The Bertz CT molecular complexity index is 3950. The summed E-state index contributed by atoms with van der Waals surface area (Å²) in [6, 6.07) is 40.9. The SMILES string of the molecule is CC1(C)OB(c2ccc3nc[nH]c3c2)OC1(C)C.COc1ccc(B(O)O)cn1.N#Cc1cccc(B(O)O)c1.Nc1ncc(B(O)O)cn1.OB(O)c1ccc(O)cc1.OB(O)c1ccc2[nH]ccc2c1.OB(O)c1ccc2[nH]ncc2c1.OB(O)c1cccc(O)c1. The Hall–Kier alpha value is -9.40. The standard InChI is InChI=1S/C13H17BN2O2.C8H8BNO2.C7H7BN2O2.C7H6BNO2.C6H8BNO3.2C6H7BO3.C4H6BN3O2/c1-12(2)13(3,4)18-14(17-12)9-5-6-10-11(7-9)16-8-15-10;11-9(12)7-1-2-8-6(5-7)3-4-10-8;11-8(12)6-1-2-7-5(3-6)4-9-10-7;9-5-6-2-1-3-7(4-6)8(10)11;1-11-6-3-2-5(4-8-6)7(9)10;8-6-3-1-5(2-4-6)7(9)10;8-6-3-1-2-5(4-6)7(9)10;6-4-7-1-3(2-8-4)5(9)10/h5-8H,1-4H3,(H,15,16);1-5,10-12H;1-4,11-12H,(H,9,10);1-4,10-11H;2-4,9-10H,1H3;2*1-4,8-10H;1-2,9-10H,(H2,6,7,8). The topological polar surface area (TPSA) is 513 Å². The molecule has 0 saturated carbocycles. The fraction of sp³-hybridized carbons (Fsp3) is 0.123. The third-order valence-electron chi connectivity index (χ3n) is 13.5. The van der Waals surface area contributed by atoms with Crippen molar-refractivity contribution in [3.63, 3.8) is 0 Å². The first-order valence-corrected chi connectivity index (χ1v) is 28.0. The zero-order chi connectivity index (χ0) is 69.3. The predicted octanol–water partition coefficient (Wildman–Crippen LogP) is -5.16. The number of nitriles is 1. The zero-order valence-corrected chi connectivity index (χ0v) is 51.1. The predicted molar refractivity (Wildman–Crippen MR) is 360 cm³/mol. The lowest BCUT2D eigenvalue weighted by Gasteiger charge is -2.32. The van der Waals surface area contributed by atoms with Crippen molar-refractivity contribution in [1.29, 1.82) is 5.26 Å². The number of nitrogen functional groups attached to an aromatic ring is 1. The maximum atomic E-state index is 8.87. The van der Waals surface area contributed by atoms with E-state index in [-0.39, 0.29) is 41.2 Å². The van der Waals surface area contributed by atoms with E-state index in [0.717, 1.165) is 38.3 Å². The number of hydrogen-bond donors (Lipinski definition) is 20. The number of fused-ring (bicyclic) bond motifs is 3. The number of nitrogens with one attached hydrogen (secondary N) is 3. The molecule has 0 bridgehead atoms. The van der Waals surface area contributed by atoms with Gasteiger partial charge in [0.15, 0.2) is 0 Å². The number of hydrogen-bond acceptors (Lipinski definition) is 26. The van der Waals surface area contributed by atoms with Crippen molar-refractivity contribution in [2.45, 2.75) is 38.9 Å². The molecule has 0 aliphatic carbocycles. The second kappa shape index (κ2) is 36.2. The highest BCUT2D eigenvalue weighted by molar-refractivity contribution is 6.63. The van der Waals surface area contributed by atoms with Crippen molar-refractivity contribution < 1.29 is 94.6 Å². The summed E-state index contributed by atoms with van der Waals surface area (Å²) in [7, 11) is -9.07. The van der Waals surface area contributed by atoms with Gasteiger partial charge in [0.05, 0.1) is 59.0 Å². The number of ether oxygens (including phenoxy) is 1. The smallest absolute Gasteiger partial charge is 0.494 e. The summed E-state index contributed by atoms with van der Waals surface area (Å²) >= 11 is 0. The van der Waals surface area contributed by atoms with Gasteiger partial charge in [0.25, 0.3) is 0 Å². The van der Waals surface area contributed by atoms with Crippen molar-refractivity contribution in [2.75, 3.05) is 12.8 Å². The van der Waals surface area contributed by atoms with Crippen LogP contribution < -0.4 is 54.2 Å². The highest BCUT2D eigenvalue weighted by atomic mass is 16.7. The maximum absolute atomic E-state index is 8.87. The van der Waals surface area contributed by atoms with Gasteiger partial charge in [0.2, 0.25) is 11.8 Å². The third-order valence-corrected chi connectivity index (χ3v) is 13.5. The summed E-state index contributed by atoms with van der Waals surface area (Å²) < 4.78 is 16.8. The Morgan fingerprint density at radius 3 is 1.51 bits per heavy atom. The minimum Gasteiger partial charge on any atom is -0.508 e. The average Bonchev–Trinajstić information content (AvgIpc) is 1.62. The monoisotopic (exact) mass is 1280 g/mol. The molecule has 0 radical (unpaired) electrons. The first-order chi connectivity index (χ1) is 44.5. The molecule has 0 unspecified atom stereocenters. The van der Waals surface area contributed by atoms with Gasteiger partial charge < -0.3 is 110 Å². The molecule has 0 atom stereocenters. The zero-order valence-electron chi connectivity index (χ0n) is 51.1. The number of imidazole rings is 1. The van der Waals surface area contributed by atoms with Crippen LogP contribution in [0.3, 0.4) is 0 Å². The van der Waals surface area contributed by atoms with Crippen LogP contribution in [0.1, 0.15) is 33.3 Å². The van der Waals surface area contributed by atoms with Crippen LogP contribution in [0.5, 0.6) is 17.4 Å². The van der Waals surface area contributed by atoms with E-state index in [4.69, 9.17) is 106 Å². The number of H-pyrrole nitrogens is 3. The highest BCUT2D eigenvalue weighted by Crippen LogP contribution is 2.36. The Balaban J connectivity index is 0.000000196. The maximum Gasteiger partial charge on any atom is 0.494 e. The molecule has 1 saturated heterocycles. The van der Waals surface area contributed by atoms with Crippen LogP contribution in [0.2, 0.25) is 0 Å². The number of aromatic amines is 3. The number of methoxy groups -OCH3 is 1. The molecule has 94 heavy (non-hydrogen) atoms. The molecule has 0 amide bonds. The average molecular weight is 1280 g/mol. The van der Waals surface area contributed by atoms with E-state index >= 15 is 0 Å². The minimum atomic E-state index is -1.53. The number of phenols is 2. The molecule has 482 valence electrons. The molecule has 1 aliphatic rings. The summed E-state index contributed by atoms with van der Waals surface area (Å²) in [4.78, 5) is 21.2. The Kier molecular flexibility index (Phi) is 29.0. The molecule has 11 aromatic rings. The second-order valence-corrected chi connectivity index (χ2v) is 20.9. The van der Waals surface area contributed by atoms with Crippen LogP contribution in [0, 0.1) is 11.3 Å². The van der Waals surface area contributed by atoms with Gasteiger partial charge in [-0.05, 0) is 139 Å². The molecule has 5 aromatic heterocycles. The lowest BCUT2D eigenvalue weighted by molar-refractivity contribution is 0.00578. The highest BCUT2D eigenvalue weighted by Gasteiger charge is 2.51. The van der Waals surface area contributed by atoms with Gasteiger partial charge in [0, 0.05) is 46.6 Å². The fourth-order valence-electron chi connectivity index (χ4n) is 7.68. The summed E-state index contributed by atoms with van der Waals surface area (Å²) in [5, 5.41) is 156. The molecule has 1 fully saturated rings. The van der Waals surface area contributed by atoms with Gasteiger partial charge in [-0.15, -0.1) is 0 Å². The molecule has 0 spiro atoms. The summed E-state index contributed by atoms with van der Waals surface area (Å²) in [6.45, 7) is 8.23. The third kappa shape index (κ3) is 23.6. The van der Waals surface area contributed by atoms with Gasteiger partial charge in [-0.3, -0.25) is 5.10 Å². The largest absolute Gasteiger partial charge is 0.508 e. The van der Waals surface area contributed by atoms with Crippen molar-refractivity contribution in [2.24, 2.45) is 0 Å². The first kappa shape index (κ1) is 75.3. The quantitative estimate of drug-likeness (QED) is 0.0601. The minimum absolute atomic E-state index is 0.0330. The van der Waals surface area contributed by atoms with Crippen molar-refractivity contribution in [1.82, 2.24) is 40.1 Å². The summed E-state index contributed by atoms with van der Waals surface area (Å²) in [5.41, 5.74) is 12.4. The molecule has 6 aromatic carbocycles. The number of aromatic nitrogens is 8. The van der Waals surface area contributed by atoms with Crippen LogP contribution in [0.25, 0.3) is 32.8 Å². The number of nitrogens with two attached hydrogens (primary N) is 1. The van der Waals surface area contributed by atoms with Crippen molar-refractivity contribution in [3.8, 4) is 23.4 Å². The van der Waals surface area contributed by atoms with Crippen molar-refractivity contribution >= 4 is 139 Å². The molecular formula is C57H66B8N10O19. The van der Waals surface area contributed by atoms with Crippen LogP contribution in [0.15, 0.2) is 183 Å². The van der Waals surface area contributed by atoms with Crippen LogP contribution in [-0.2, 0) is 9.31 Å². The van der Waals surface area contributed by atoms with Gasteiger partial charge in [-0.25, -0.2) is 19.9 Å².